The summed E-state index contributed by atoms with van der Waals surface area (Å²) in [5, 5.41) is 6.19. The number of hydrogen-bond donors (Lipinski definition) is 1. The number of benzene rings is 1. The predicted octanol–water partition coefficient (Wildman–Crippen LogP) is 1.79. The average Bonchev–Trinajstić information content (AvgIpc) is 2.83. The Morgan fingerprint density at radius 2 is 1.95 bits per heavy atom. The molecule has 1 amide bonds. The highest BCUT2D eigenvalue weighted by molar-refractivity contribution is 7.90. The molecule has 0 aliphatic heterocycles. The van der Waals surface area contributed by atoms with Crippen molar-refractivity contribution < 1.29 is 22.5 Å². The second-order valence-electron chi connectivity index (χ2n) is 4.83. The van der Waals surface area contributed by atoms with Gasteiger partial charge in [0.25, 0.3) is 5.91 Å². The minimum Gasteiger partial charge on any atom is -0.481 e. The van der Waals surface area contributed by atoms with Crippen molar-refractivity contribution in [2.45, 2.75) is 24.8 Å². The van der Waals surface area contributed by atoms with E-state index in [1.807, 2.05) is 0 Å². The average molecular weight is 324 g/mol. The van der Waals surface area contributed by atoms with E-state index in [0.717, 1.165) is 6.26 Å². The molecule has 0 unspecified atom stereocenters. The van der Waals surface area contributed by atoms with Crippen LogP contribution in [0.25, 0.3) is 0 Å². The van der Waals surface area contributed by atoms with Crippen LogP contribution in [0.3, 0.4) is 0 Å². The van der Waals surface area contributed by atoms with Gasteiger partial charge in [0.05, 0.1) is 10.6 Å². The van der Waals surface area contributed by atoms with Gasteiger partial charge in [-0.1, -0.05) is 5.16 Å². The van der Waals surface area contributed by atoms with Crippen LogP contribution in [0.4, 0.5) is 5.88 Å². The summed E-state index contributed by atoms with van der Waals surface area (Å²) in [5.74, 6) is 0.234. The Hall–Kier alpha value is -2.35. The molecular weight excluding hydrogens is 308 g/mol. The van der Waals surface area contributed by atoms with Crippen LogP contribution in [0.1, 0.15) is 12.6 Å². The number of carbonyl (C=O) groups excluding carboxylic acids is 1. The molecule has 1 N–H and O–H groups in total. The lowest BCUT2D eigenvalue weighted by molar-refractivity contribution is -0.122. The molecular formula is C14H16N2O5S. The minimum atomic E-state index is -3.26. The molecule has 1 aromatic heterocycles. The number of rotatable bonds is 5. The molecule has 0 saturated heterocycles. The third-order valence-electron chi connectivity index (χ3n) is 2.81. The van der Waals surface area contributed by atoms with Gasteiger partial charge in [0.1, 0.15) is 5.75 Å². The Kier molecular flexibility index (Phi) is 4.51. The molecule has 0 radical (unpaired) electrons. The van der Waals surface area contributed by atoms with Gasteiger partial charge in [-0.2, -0.15) is 0 Å². The Balaban J connectivity index is 1.99. The van der Waals surface area contributed by atoms with Gasteiger partial charge >= 0.3 is 0 Å². The Morgan fingerprint density at radius 3 is 2.45 bits per heavy atom. The Bertz CT molecular complexity index is 765. The zero-order chi connectivity index (χ0) is 16.3. The topological polar surface area (TPSA) is 98.5 Å². The number of sulfone groups is 1. The van der Waals surface area contributed by atoms with Gasteiger partial charge in [-0.25, -0.2) is 8.42 Å². The van der Waals surface area contributed by atoms with Crippen molar-refractivity contribution in [3.05, 3.63) is 36.0 Å². The van der Waals surface area contributed by atoms with E-state index in [-0.39, 0.29) is 10.8 Å². The van der Waals surface area contributed by atoms with E-state index in [4.69, 9.17) is 9.26 Å². The molecule has 118 valence electrons. The van der Waals surface area contributed by atoms with Crippen molar-refractivity contribution in [2.75, 3.05) is 11.6 Å². The number of aryl methyl sites for hydroxylation is 1. The maximum Gasteiger partial charge on any atom is 0.267 e. The van der Waals surface area contributed by atoms with Crippen molar-refractivity contribution in [1.29, 1.82) is 0 Å². The summed E-state index contributed by atoms with van der Waals surface area (Å²) >= 11 is 0. The fraction of sp³-hybridized carbons (Fsp3) is 0.286. The summed E-state index contributed by atoms with van der Waals surface area (Å²) in [6.07, 6.45) is 0.340. The highest BCUT2D eigenvalue weighted by atomic mass is 32.2. The second-order valence-corrected chi connectivity index (χ2v) is 6.84. The number of ether oxygens (including phenoxy) is 1. The SMILES string of the molecule is Cc1cc(NC(=O)[C@H](C)Oc2ccc(S(C)(=O)=O)cc2)on1. The molecule has 2 aromatic rings. The summed E-state index contributed by atoms with van der Waals surface area (Å²) in [5.41, 5.74) is 0.653. The van der Waals surface area contributed by atoms with E-state index in [9.17, 15) is 13.2 Å². The number of hydrogen-bond acceptors (Lipinski definition) is 6. The van der Waals surface area contributed by atoms with Crippen LogP contribution in [-0.2, 0) is 14.6 Å². The van der Waals surface area contributed by atoms with Gasteiger partial charge < -0.3 is 9.26 Å². The van der Waals surface area contributed by atoms with E-state index in [1.54, 1.807) is 19.9 Å². The van der Waals surface area contributed by atoms with Gasteiger partial charge in [0.15, 0.2) is 15.9 Å². The molecule has 2 rings (SSSR count). The number of carbonyl (C=O) groups is 1. The summed E-state index contributed by atoms with van der Waals surface area (Å²) in [7, 11) is -3.26. The second kappa shape index (κ2) is 6.18. The molecule has 1 aromatic carbocycles. The van der Waals surface area contributed by atoms with Gasteiger partial charge in [0, 0.05) is 12.3 Å². The van der Waals surface area contributed by atoms with Crippen molar-refractivity contribution in [3.63, 3.8) is 0 Å². The molecule has 8 heteroatoms. The third kappa shape index (κ3) is 4.08. The molecule has 0 saturated carbocycles. The Morgan fingerprint density at radius 1 is 1.32 bits per heavy atom. The first kappa shape index (κ1) is 16.0. The molecule has 0 fully saturated rings. The lowest BCUT2D eigenvalue weighted by Crippen LogP contribution is -2.30. The lowest BCUT2D eigenvalue weighted by Gasteiger charge is -2.13. The quantitative estimate of drug-likeness (QED) is 0.900. The van der Waals surface area contributed by atoms with Crippen molar-refractivity contribution in [3.8, 4) is 5.75 Å². The number of nitrogens with one attached hydrogen (secondary N) is 1. The van der Waals surface area contributed by atoms with Crippen LogP contribution in [0.5, 0.6) is 5.75 Å². The number of aromatic nitrogens is 1. The first-order chi connectivity index (χ1) is 10.3. The minimum absolute atomic E-state index is 0.189. The van der Waals surface area contributed by atoms with Gasteiger partial charge in [-0.05, 0) is 38.1 Å². The van der Waals surface area contributed by atoms with E-state index >= 15 is 0 Å². The first-order valence-corrected chi connectivity index (χ1v) is 8.36. The molecule has 0 spiro atoms. The van der Waals surface area contributed by atoms with Gasteiger partial charge in [0.2, 0.25) is 5.88 Å². The normalized spacial score (nSPS) is 12.7. The highest BCUT2D eigenvalue weighted by Crippen LogP contribution is 2.17. The monoisotopic (exact) mass is 324 g/mol. The smallest absolute Gasteiger partial charge is 0.267 e. The van der Waals surface area contributed by atoms with Crippen molar-refractivity contribution >= 4 is 21.6 Å². The Labute approximate surface area is 128 Å². The van der Waals surface area contributed by atoms with Crippen molar-refractivity contribution in [2.24, 2.45) is 0 Å². The van der Waals surface area contributed by atoms with Crippen LogP contribution in [0.15, 0.2) is 39.8 Å². The van der Waals surface area contributed by atoms with Crippen LogP contribution in [0.2, 0.25) is 0 Å². The zero-order valence-electron chi connectivity index (χ0n) is 12.4. The molecule has 0 bridgehead atoms. The van der Waals surface area contributed by atoms with Crippen LogP contribution < -0.4 is 10.1 Å². The zero-order valence-corrected chi connectivity index (χ0v) is 13.2. The van der Waals surface area contributed by atoms with Gasteiger partial charge in [-0.3, -0.25) is 10.1 Å². The molecule has 0 aliphatic rings. The lowest BCUT2D eigenvalue weighted by atomic mass is 10.3. The van der Waals surface area contributed by atoms with E-state index in [2.05, 4.69) is 10.5 Å². The fourth-order valence-corrected chi connectivity index (χ4v) is 2.30. The summed E-state index contributed by atoms with van der Waals surface area (Å²) in [4.78, 5) is 12.1. The molecule has 22 heavy (non-hydrogen) atoms. The number of nitrogens with zero attached hydrogens (tertiary/aromatic N) is 1. The van der Waals surface area contributed by atoms with Crippen LogP contribution in [-0.4, -0.2) is 31.8 Å². The molecule has 1 atom stereocenters. The third-order valence-corrected chi connectivity index (χ3v) is 3.94. The van der Waals surface area contributed by atoms with E-state index in [0.29, 0.717) is 11.4 Å². The molecule has 0 aliphatic carbocycles. The van der Waals surface area contributed by atoms with Crippen molar-refractivity contribution in [1.82, 2.24) is 5.16 Å². The fourth-order valence-electron chi connectivity index (χ4n) is 1.67. The maximum atomic E-state index is 11.9. The molecule has 7 nitrogen and oxygen atoms in total. The predicted molar refractivity (Wildman–Crippen MR) is 79.5 cm³/mol. The van der Waals surface area contributed by atoms with Crippen LogP contribution in [0, 0.1) is 6.92 Å². The summed E-state index contributed by atoms with van der Waals surface area (Å²) in [6.45, 7) is 3.31. The van der Waals surface area contributed by atoms with E-state index < -0.39 is 21.8 Å². The highest BCUT2D eigenvalue weighted by Gasteiger charge is 2.17. The van der Waals surface area contributed by atoms with Crippen LogP contribution >= 0.6 is 0 Å². The maximum absolute atomic E-state index is 11.9. The first-order valence-electron chi connectivity index (χ1n) is 6.46. The largest absolute Gasteiger partial charge is 0.481 e. The standard InChI is InChI=1S/C14H16N2O5S/c1-9-8-13(21-16-9)15-14(17)10(2)20-11-4-6-12(7-5-11)22(3,18)19/h4-8,10H,1-3H3,(H,15,17)/t10-/m0/s1. The van der Waals surface area contributed by atoms with E-state index in [1.165, 1.54) is 24.3 Å². The van der Waals surface area contributed by atoms with Gasteiger partial charge in [-0.15, -0.1) is 0 Å². The number of anilines is 1. The summed E-state index contributed by atoms with van der Waals surface area (Å²) < 4.78 is 33.1. The number of amides is 1. The molecule has 1 heterocycles. The summed E-state index contributed by atoms with van der Waals surface area (Å²) in [6, 6.07) is 7.44.